The van der Waals surface area contributed by atoms with E-state index in [9.17, 15) is 83.1 Å². The molecule has 37 heavy (non-hydrogen) atoms. The minimum Gasteiger partial charge on any atom is -1.00 e. The summed E-state index contributed by atoms with van der Waals surface area (Å²) < 4.78 is 248. The van der Waals surface area contributed by atoms with E-state index < -0.39 is 69.6 Å². The predicted molar refractivity (Wildman–Crippen MR) is 85.1 cm³/mol. The molecule has 1 unspecified atom stereocenters. The Morgan fingerprint density at radius 3 is 1.14 bits per heavy atom. The summed E-state index contributed by atoms with van der Waals surface area (Å²) in [6.07, 6.45) is -7.87. The first-order chi connectivity index (χ1) is 15.1. The van der Waals surface area contributed by atoms with E-state index in [-0.39, 0.29) is 28.5 Å². The number of halogens is 18. The van der Waals surface area contributed by atoms with Gasteiger partial charge in [0.15, 0.2) is 0 Å². The van der Waals surface area contributed by atoms with Crippen LogP contribution in [-0.4, -0.2) is 93.6 Å². The van der Waals surface area contributed by atoms with Crippen molar-refractivity contribution in [3.05, 3.63) is 0 Å². The van der Waals surface area contributed by atoms with Crippen LogP contribution in [-0.2, 0) is 10.0 Å². The first kappa shape index (κ1) is 38.6. The van der Waals surface area contributed by atoms with Crippen molar-refractivity contribution in [3.63, 3.8) is 0 Å². The zero-order valence-corrected chi connectivity index (χ0v) is 21.2. The fourth-order valence-electron chi connectivity index (χ4n) is 2.52. The van der Waals surface area contributed by atoms with E-state index in [1.165, 1.54) is 21.1 Å². The number of likely N-dealkylation sites (N-methyl/N-ethyl adjacent to an activating group) is 1. The maximum absolute atomic E-state index is 13.9. The van der Waals surface area contributed by atoms with E-state index in [1.807, 2.05) is 0 Å². The molecule has 0 aliphatic carbocycles. The van der Waals surface area contributed by atoms with Gasteiger partial charge in [0.2, 0.25) is 0 Å². The molecule has 23 heteroatoms. The lowest BCUT2D eigenvalue weighted by Crippen LogP contribution is -3.00. The number of nitrogens with zero attached hydrogens (tertiary/aromatic N) is 1. The highest BCUT2D eigenvalue weighted by Crippen LogP contribution is 2.64. The summed E-state index contributed by atoms with van der Waals surface area (Å²) in [5, 5.41) is -7.55. The molecule has 4 nitrogen and oxygen atoms in total. The Morgan fingerprint density at radius 2 is 0.865 bits per heavy atom. The van der Waals surface area contributed by atoms with Crippen LogP contribution in [0.5, 0.6) is 0 Å². The third kappa shape index (κ3) is 5.96. The molecule has 0 saturated heterocycles. The molecule has 1 N–H and O–H groups in total. The SMILES string of the molecule is CC(C[N+](C)(C)C)NS(=O)(=O)C(F)(F)C(F)(F)C(F)(F)C(F)(F)C(F)(F)C(F)(F)C(F)(F)C(F)(F)F.[I-]. The molecule has 0 aliphatic heterocycles. The molecule has 0 bridgehead atoms. The van der Waals surface area contributed by atoms with Crippen LogP contribution in [0.25, 0.3) is 0 Å². The fourth-order valence-corrected chi connectivity index (χ4v) is 3.73. The third-order valence-corrected chi connectivity index (χ3v) is 5.85. The van der Waals surface area contributed by atoms with Crippen LogP contribution in [0.2, 0.25) is 0 Å². The fraction of sp³-hybridized carbons (Fsp3) is 1.00. The van der Waals surface area contributed by atoms with Gasteiger partial charge in [0.1, 0.15) is 0 Å². The van der Waals surface area contributed by atoms with Crippen molar-refractivity contribution in [1.82, 2.24) is 4.72 Å². The van der Waals surface area contributed by atoms with E-state index in [2.05, 4.69) is 0 Å². The van der Waals surface area contributed by atoms with Crippen LogP contribution in [0.1, 0.15) is 6.92 Å². The smallest absolute Gasteiger partial charge is 0.460 e. The molecule has 0 heterocycles. The highest BCUT2D eigenvalue weighted by molar-refractivity contribution is 7.90. The number of quaternary nitrogens is 1. The minimum atomic E-state index is -8.84. The molecule has 0 spiro atoms. The van der Waals surface area contributed by atoms with E-state index in [4.69, 9.17) is 0 Å². The zero-order valence-electron chi connectivity index (χ0n) is 18.3. The molecule has 0 saturated carbocycles. The van der Waals surface area contributed by atoms with Gasteiger partial charge in [-0.05, 0) is 6.92 Å². The Bertz CT molecular complexity index is 912. The Morgan fingerprint density at radius 1 is 0.595 bits per heavy atom. The predicted octanol–water partition coefficient (Wildman–Crippen LogP) is 1.97. The third-order valence-electron chi connectivity index (χ3n) is 4.21. The van der Waals surface area contributed by atoms with E-state index in [0.29, 0.717) is 11.6 Å². The summed E-state index contributed by atoms with van der Waals surface area (Å²) in [4.78, 5) is 0. The molecule has 0 fully saturated rings. The van der Waals surface area contributed by atoms with Crippen LogP contribution in [0.4, 0.5) is 74.6 Å². The molecule has 0 aromatic rings. The molecule has 1 atom stereocenters. The topological polar surface area (TPSA) is 46.2 Å². The standard InChI is InChI=1S/C14H16F17N2O2S.HI/c1-6(5-33(2,3)4)32-36(34,35)14(30,31)12(25,26)10(21,22)8(17,18)7(15,16)9(19,20)11(23,24)13(27,28)29;/h6,32H,5H2,1-4H3;1H/q+1;/p-1. The monoisotopic (exact) mass is 726 g/mol. The van der Waals surface area contributed by atoms with Gasteiger partial charge in [0.25, 0.3) is 10.0 Å². The minimum absolute atomic E-state index is 0. The molecular formula is C14H16F17IN2O2S. The number of sulfonamides is 1. The normalized spacial score (nSPS) is 16.9. The van der Waals surface area contributed by atoms with Crippen molar-refractivity contribution in [1.29, 1.82) is 0 Å². The van der Waals surface area contributed by atoms with E-state index in [0.717, 1.165) is 0 Å². The van der Waals surface area contributed by atoms with Gasteiger partial charge in [-0.15, -0.1) is 0 Å². The molecule has 0 aromatic carbocycles. The Balaban J connectivity index is 0. The highest BCUT2D eigenvalue weighted by Gasteiger charge is 2.96. The first-order valence-corrected chi connectivity index (χ1v) is 10.1. The van der Waals surface area contributed by atoms with Gasteiger partial charge in [-0.25, -0.2) is 13.1 Å². The van der Waals surface area contributed by atoms with E-state index >= 15 is 0 Å². The van der Waals surface area contributed by atoms with Crippen LogP contribution in [0.3, 0.4) is 0 Å². The van der Waals surface area contributed by atoms with Gasteiger partial charge in [-0.2, -0.15) is 74.6 Å². The van der Waals surface area contributed by atoms with Crippen molar-refractivity contribution in [2.75, 3.05) is 27.7 Å². The number of hydrogen-bond acceptors (Lipinski definition) is 2. The highest BCUT2D eigenvalue weighted by atomic mass is 127. The number of nitrogens with one attached hydrogen (secondary N) is 1. The maximum Gasteiger partial charge on any atom is 0.460 e. The lowest BCUT2D eigenvalue weighted by molar-refractivity contribution is -0.871. The van der Waals surface area contributed by atoms with Crippen molar-refractivity contribution < 1.29 is 112 Å². The summed E-state index contributed by atoms with van der Waals surface area (Å²) in [7, 11) is -3.56. The lowest BCUT2D eigenvalue weighted by Gasteiger charge is -2.42. The van der Waals surface area contributed by atoms with E-state index in [1.54, 1.807) is 0 Å². The summed E-state index contributed by atoms with van der Waals surface area (Å²) >= 11 is 0. The van der Waals surface area contributed by atoms with Gasteiger partial charge in [0, 0.05) is 0 Å². The van der Waals surface area contributed by atoms with Crippen molar-refractivity contribution in [3.8, 4) is 0 Å². The Kier molecular flexibility index (Phi) is 10.5. The zero-order chi connectivity index (χ0) is 30.0. The summed E-state index contributed by atoms with van der Waals surface area (Å²) in [5.74, 6) is -51.6. The second kappa shape index (κ2) is 10.1. The largest absolute Gasteiger partial charge is 1.00 e. The number of hydrogen-bond donors (Lipinski definition) is 1. The maximum atomic E-state index is 13.9. The molecule has 0 rings (SSSR count). The average molecular weight is 726 g/mol. The Hall–Kier alpha value is -0.590. The molecule has 0 amide bonds. The van der Waals surface area contributed by atoms with Crippen molar-refractivity contribution in [2.24, 2.45) is 0 Å². The lowest BCUT2D eigenvalue weighted by atomic mass is 9.91. The number of rotatable bonds is 11. The van der Waals surface area contributed by atoms with Gasteiger partial charge < -0.3 is 28.5 Å². The van der Waals surface area contributed by atoms with Crippen molar-refractivity contribution >= 4 is 10.0 Å². The second-order valence-electron chi connectivity index (χ2n) is 8.46. The van der Waals surface area contributed by atoms with Crippen LogP contribution < -0.4 is 28.7 Å². The first-order valence-electron chi connectivity index (χ1n) is 8.64. The summed E-state index contributed by atoms with van der Waals surface area (Å²) in [6.45, 7) is 0.0558. The molecular weight excluding hydrogens is 710 g/mol. The van der Waals surface area contributed by atoms with Crippen LogP contribution in [0.15, 0.2) is 0 Å². The van der Waals surface area contributed by atoms with Crippen molar-refractivity contribution in [2.45, 2.75) is 59.9 Å². The van der Waals surface area contributed by atoms with Crippen LogP contribution >= 0.6 is 0 Å². The van der Waals surface area contributed by atoms with Gasteiger partial charge in [0.05, 0.1) is 33.7 Å². The Labute approximate surface area is 214 Å². The average Bonchev–Trinajstić information content (AvgIpc) is 2.57. The molecule has 0 aromatic heterocycles. The van der Waals surface area contributed by atoms with Crippen LogP contribution in [0, 0.1) is 0 Å². The number of alkyl halides is 17. The molecule has 226 valence electrons. The summed E-state index contributed by atoms with van der Waals surface area (Å²) in [6, 6.07) is -1.89. The van der Waals surface area contributed by atoms with Gasteiger partial charge in [-0.3, -0.25) is 0 Å². The molecule has 0 aliphatic rings. The summed E-state index contributed by atoms with van der Waals surface area (Å²) in [5.41, 5.74) is 0. The second-order valence-corrected chi connectivity index (χ2v) is 10.2. The van der Waals surface area contributed by atoms with Gasteiger partial charge in [-0.1, -0.05) is 0 Å². The quantitative estimate of drug-likeness (QED) is 0.202. The van der Waals surface area contributed by atoms with Gasteiger partial charge >= 0.3 is 47.0 Å². The molecule has 0 radical (unpaired) electrons.